The predicted octanol–water partition coefficient (Wildman–Crippen LogP) is 6.31. The molecule has 0 N–H and O–H groups in total. The quantitative estimate of drug-likeness (QED) is 0.376. The van der Waals surface area contributed by atoms with Gasteiger partial charge in [0.25, 0.3) is 0 Å². The van der Waals surface area contributed by atoms with E-state index in [2.05, 4.69) is 70.2 Å². The van der Waals surface area contributed by atoms with E-state index >= 15 is 0 Å². The lowest BCUT2D eigenvalue weighted by molar-refractivity contribution is 0.0212. The average Bonchev–Trinajstić information content (AvgIpc) is 2.70. The number of rotatable bonds is 13. The van der Waals surface area contributed by atoms with Crippen molar-refractivity contribution in [3.63, 3.8) is 0 Å². The summed E-state index contributed by atoms with van der Waals surface area (Å²) in [5.41, 5.74) is 1.26. The Morgan fingerprint density at radius 3 is 2.11 bits per heavy atom. The molecule has 0 saturated carbocycles. The van der Waals surface area contributed by atoms with E-state index in [4.69, 9.17) is 13.3 Å². The highest BCUT2D eigenvalue weighted by atomic mass is 28.4. The van der Waals surface area contributed by atoms with Gasteiger partial charge in [0.15, 0.2) is 0 Å². The van der Waals surface area contributed by atoms with Gasteiger partial charge >= 0.3 is 8.80 Å². The predicted molar refractivity (Wildman–Crippen MR) is 116 cm³/mol. The number of benzene rings is 2. The summed E-state index contributed by atoms with van der Waals surface area (Å²) in [6, 6.07) is 15.7. The van der Waals surface area contributed by atoms with Gasteiger partial charge in [0.2, 0.25) is 0 Å². The maximum atomic E-state index is 6.68. The zero-order chi connectivity index (χ0) is 19.5. The van der Waals surface area contributed by atoms with E-state index in [1.807, 2.05) is 0 Å². The molecule has 0 aliphatic heterocycles. The SMILES string of the molecule is CCCO[Si](Cc1cccc2ccccc12)(OCCC)OC(CC)CCC. The van der Waals surface area contributed by atoms with Gasteiger partial charge in [0.1, 0.15) is 0 Å². The maximum Gasteiger partial charge on any atom is 0.505 e. The highest BCUT2D eigenvalue weighted by molar-refractivity contribution is 6.60. The molecule has 0 radical (unpaired) electrons. The summed E-state index contributed by atoms with van der Waals surface area (Å²) in [5, 5.41) is 2.52. The van der Waals surface area contributed by atoms with Crippen molar-refractivity contribution in [2.75, 3.05) is 13.2 Å². The fraction of sp³-hybridized carbons (Fsp3) is 0.565. The molecular weight excluding hydrogens is 352 g/mol. The lowest BCUT2D eigenvalue weighted by atomic mass is 10.1. The zero-order valence-electron chi connectivity index (χ0n) is 17.5. The molecule has 27 heavy (non-hydrogen) atoms. The minimum Gasteiger partial charge on any atom is -0.373 e. The van der Waals surface area contributed by atoms with Gasteiger partial charge in [0.05, 0.1) is 0 Å². The molecule has 1 unspecified atom stereocenters. The van der Waals surface area contributed by atoms with E-state index in [1.54, 1.807) is 0 Å². The highest BCUT2D eigenvalue weighted by Crippen LogP contribution is 2.27. The molecule has 0 aromatic heterocycles. The molecule has 3 nitrogen and oxygen atoms in total. The molecular formula is C23H36O3Si. The molecule has 0 fully saturated rings. The largest absolute Gasteiger partial charge is 0.505 e. The van der Waals surface area contributed by atoms with Crippen LogP contribution in [0.2, 0.25) is 0 Å². The van der Waals surface area contributed by atoms with E-state index in [1.165, 1.54) is 16.3 Å². The molecule has 2 rings (SSSR count). The lowest BCUT2D eigenvalue weighted by Gasteiger charge is -2.33. The smallest absolute Gasteiger partial charge is 0.373 e. The van der Waals surface area contributed by atoms with Crippen LogP contribution < -0.4 is 0 Å². The van der Waals surface area contributed by atoms with Gasteiger partial charge < -0.3 is 13.3 Å². The van der Waals surface area contributed by atoms with Crippen molar-refractivity contribution in [2.24, 2.45) is 0 Å². The van der Waals surface area contributed by atoms with E-state index in [0.29, 0.717) is 13.2 Å². The van der Waals surface area contributed by atoms with Gasteiger partial charge in [-0.15, -0.1) is 0 Å². The molecule has 0 amide bonds. The molecule has 0 aliphatic carbocycles. The Hall–Kier alpha value is -1.20. The first-order chi connectivity index (χ1) is 13.2. The molecule has 0 bridgehead atoms. The number of hydrogen-bond donors (Lipinski definition) is 0. The third-order valence-corrected chi connectivity index (χ3v) is 7.55. The number of hydrogen-bond acceptors (Lipinski definition) is 3. The van der Waals surface area contributed by atoms with Crippen molar-refractivity contribution >= 4 is 19.6 Å². The van der Waals surface area contributed by atoms with Crippen LogP contribution in [0.5, 0.6) is 0 Å². The molecule has 0 aliphatic rings. The van der Waals surface area contributed by atoms with Crippen molar-refractivity contribution in [2.45, 2.75) is 71.9 Å². The van der Waals surface area contributed by atoms with Crippen LogP contribution in [0.3, 0.4) is 0 Å². The van der Waals surface area contributed by atoms with Crippen LogP contribution in [0, 0.1) is 0 Å². The zero-order valence-corrected chi connectivity index (χ0v) is 18.5. The fourth-order valence-corrected chi connectivity index (χ4v) is 6.48. The first-order valence-corrected chi connectivity index (χ1v) is 12.5. The van der Waals surface area contributed by atoms with Gasteiger partial charge in [0, 0.05) is 25.4 Å². The Balaban J connectivity index is 2.38. The second-order valence-corrected chi connectivity index (χ2v) is 9.66. The molecule has 1 atom stereocenters. The van der Waals surface area contributed by atoms with Crippen molar-refractivity contribution < 1.29 is 13.3 Å². The summed E-state index contributed by atoms with van der Waals surface area (Å²) in [5.74, 6) is 0. The minimum atomic E-state index is -2.82. The monoisotopic (exact) mass is 388 g/mol. The van der Waals surface area contributed by atoms with Crippen LogP contribution in [0.4, 0.5) is 0 Å². The standard InChI is InChI=1S/C23H36O3Si/c1-5-12-22(8-4)26-27(24-17-6-2,25-18-7-3)19-21-15-11-14-20-13-9-10-16-23(20)21/h9-11,13-16,22H,5-8,12,17-19H2,1-4H3. The van der Waals surface area contributed by atoms with Crippen LogP contribution in [-0.2, 0) is 19.3 Å². The summed E-state index contributed by atoms with van der Waals surface area (Å²) >= 11 is 0. The fourth-order valence-electron chi connectivity index (χ4n) is 3.37. The van der Waals surface area contributed by atoms with Gasteiger partial charge in [-0.1, -0.05) is 76.6 Å². The average molecular weight is 389 g/mol. The Kier molecular flexibility index (Phi) is 9.49. The lowest BCUT2D eigenvalue weighted by Crippen LogP contribution is -2.51. The first kappa shape index (κ1) is 22.1. The van der Waals surface area contributed by atoms with Crippen LogP contribution >= 0.6 is 0 Å². The normalized spacial score (nSPS) is 13.2. The van der Waals surface area contributed by atoms with E-state index in [0.717, 1.165) is 38.1 Å². The van der Waals surface area contributed by atoms with Crippen LogP contribution in [-0.4, -0.2) is 28.1 Å². The molecule has 4 heteroatoms. The molecule has 2 aromatic rings. The summed E-state index contributed by atoms with van der Waals surface area (Å²) in [4.78, 5) is 0. The third-order valence-electron chi connectivity index (χ3n) is 4.75. The van der Waals surface area contributed by atoms with Gasteiger partial charge in [-0.3, -0.25) is 0 Å². The molecule has 0 spiro atoms. The highest BCUT2D eigenvalue weighted by Gasteiger charge is 2.43. The van der Waals surface area contributed by atoms with E-state index < -0.39 is 8.80 Å². The van der Waals surface area contributed by atoms with Crippen molar-refractivity contribution in [3.05, 3.63) is 48.0 Å². The molecule has 2 aromatic carbocycles. The second-order valence-electron chi connectivity index (χ2n) is 7.13. The Morgan fingerprint density at radius 1 is 0.815 bits per heavy atom. The van der Waals surface area contributed by atoms with Crippen LogP contribution in [0.15, 0.2) is 42.5 Å². The molecule has 0 heterocycles. The van der Waals surface area contributed by atoms with Crippen molar-refractivity contribution in [1.29, 1.82) is 0 Å². The summed E-state index contributed by atoms with van der Waals surface area (Å²) < 4.78 is 19.5. The molecule has 150 valence electrons. The van der Waals surface area contributed by atoms with E-state index in [-0.39, 0.29) is 6.10 Å². The third kappa shape index (κ3) is 6.42. The van der Waals surface area contributed by atoms with Gasteiger partial charge in [-0.25, -0.2) is 0 Å². The summed E-state index contributed by atoms with van der Waals surface area (Å²) in [7, 11) is -2.82. The van der Waals surface area contributed by atoms with E-state index in [9.17, 15) is 0 Å². The topological polar surface area (TPSA) is 27.7 Å². The second kappa shape index (κ2) is 11.6. The van der Waals surface area contributed by atoms with Gasteiger partial charge in [-0.05, 0) is 42.0 Å². The van der Waals surface area contributed by atoms with Crippen molar-refractivity contribution in [3.8, 4) is 0 Å². The Labute approximate surface area is 166 Å². The van der Waals surface area contributed by atoms with Crippen LogP contribution in [0.1, 0.15) is 65.4 Å². The van der Waals surface area contributed by atoms with Crippen molar-refractivity contribution in [1.82, 2.24) is 0 Å². The first-order valence-electron chi connectivity index (χ1n) is 10.6. The maximum absolute atomic E-state index is 6.68. The minimum absolute atomic E-state index is 0.199. The summed E-state index contributed by atoms with van der Waals surface area (Å²) in [6.45, 7) is 10.0. The number of fused-ring (bicyclic) bond motifs is 1. The Morgan fingerprint density at radius 2 is 1.48 bits per heavy atom. The molecule has 0 saturated heterocycles. The Bertz CT molecular complexity index is 660. The van der Waals surface area contributed by atoms with Gasteiger partial charge in [-0.2, -0.15) is 0 Å². The summed E-state index contributed by atoms with van der Waals surface area (Å²) in [6.07, 6.45) is 5.28. The van der Waals surface area contributed by atoms with Crippen LogP contribution in [0.25, 0.3) is 10.8 Å².